The number of benzene rings is 1. The first-order chi connectivity index (χ1) is 8.41. The second-order valence-electron chi connectivity index (χ2n) is 3.94. The van der Waals surface area contributed by atoms with Crippen molar-refractivity contribution in [3.63, 3.8) is 0 Å². The number of carbonyl (C=O) groups is 2. The topological polar surface area (TPSA) is 40.6 Å². The number of nitrogens with zero attached hydrogens (tertiary/aromatic N) is 2. The summed E-state index contributed by atoms with van der Waals surface area (Å²) in [5.74, 6) is -2.06. The van der Waals surface area contributed by atoms with E-state index in [1.807, 2.05) is 0 Å². The molecule has 0 N–H and O–H groups in total. The van der Waals surface area contributed by atoms with E-state index >= 15 is 0 Å². The van der Waals surface area contributed by atoms with E-state index in [9.17, 15) is 18.4 Å². The summed E-state index contributed by atoms with van der Waals surface area (Å²) in [6, 6.07) is 1.75. The summed E-state index contributed by atoms with van der Waals surface area (Å²) in [5, 5.41) is 0. The highest BCUT2D eigenvalue weighted by Gasteiger charge is 2.34. The summed E-state index contributed by atoms with van der Waals surface area (Å²) in [4.78, 5) is 25.1. The van der Waals surface area contributed by atoms with E-state index in [2.05, 4.69) is 15.9 Å². The molecule has 96 valence electrons. The molecule has 0 atom stereocenters. The van der Waals surface area contributed by atoms with Gasteiger partial charge >= 0.3 is 6.03 Å². The van der Waals surface area contributed by atoms with Crippen molar-refractivity contribution in [2.45, 2.75) is 6.54 Å². The minimum atomic E-state index is -0.801. The number of rotatable bonds is 2. The Hall–Kier alpha value is -1.50. The summed E-state index contributed by atoms with van der Waals surface area (Å²) < 4.78 is 27.3. The van der Waals surface area contributed by atoms with Crippen LogP contribution in [-0.4, -0.2) is 35.3 Å². The van der Waals surface area contributed by atoms with Gasteiger partial charge in [-0.1, -0.05) is 0 Å². The van der Waals surface area contributed by atoms with E-state index < -0.39 is 30.1 Å². The summed E-state index contributed by atoms with van der Waals surface area (Å²) in [6.45, 7) is -0.477. The van der Waals surface area contributed by atoms with Crippen LogP contribution in [0.5, 0.6) is 0 Å². The van der Waals surface area contributed by atoms with Gasteiger partial charge in [0, 0.05) is 12.6 Å². The molecule has 3 amide bonds. The van der Waals surface area contributed by atoms with Gasteiger partial charge in [0.05, 0.1) is 11.0 Å². The van der Waals surface area contributed by atoms with Crippen molar-refractivity contribution in [2.24, 2.45) is 0 Å². The van der Waals surface area contributed by atoms with Crippen LogP contribution in [0.3, 0.4) is 0 Å². The monoisotopic (exact) mass is 318 g/mol. The highest BCUT2D eigenvalue weighted by atomic mass is 79.9. The number of carbonyl (C=O) groups excluding carboxylic acids is 2. The van der Waals surface area contributed by atoms with E-state index in [4.69, 9.17) is 0 Å². The number of amides is 3. The van der Waals surface area contributed by atoms with Crippen molar-refractivity contribution in [1.29, 1.82) is 0 Å². The van der Waals surface area contributed by atoms with Crippen molar-refractivity contribution in [2.75, 3.05) is 13.6 Å². The quantitative estimate of drug-likeness (QED) is 0.619. The molecule has 1 aliphatic rings. The van der Waals surface area contributed by atoms with Gasteiger partial charge in [-0.15, -0.1) is 0 Å². The number of hydrogen-bond donors (Lipinski definition) is 0. The second kappa shape index (κ2) is 4.64. The molecule has 1 fully saturated rings. The van der Waals surface area contributed by atoms with Crippen LogP contribution in [0, 0.1) is 11.6 Å². The molecule has 0 bridgehead atoms. The molecule has 0 aromatic heterocycles. The average molecular weight is 319 g/mol. The Morgan fingerprint density at radius 2 is 2.00 bits per heavy atom. The third-order valence-corrected chi connectivity index (χ3v) is 3.30. The average Bonchev–Trinajstić information content (AvgIpc) is 2.55. The molecular formula is C11H9BrF2N2O2. The molecule has 0 spiro atoms. The smallest absolute Gasteiger partial charge is 0.318 e. The lowest BCUT2D eigenvalue weighted by Gasteiger charge is -2.15. The minimum Gasteiger partial charge on any atom is -0.318 e. The van der Waals surface area contributed by atoms with Gasteiger partial charge in [0.2, 0.25) is 0 Å². The molecule has 7 heteroatoms. The van der Waals surface area contributed by atoms with Gasteiger partial charge in [-0.05, 0) is 28.1 Å². The third-order valence-electron chi connectivity index (χ3n) is 2.69. The van der Waals surface area contributed by atoms with Gasteiger partial charge in [0.15, 0.2) is 0 Å². The van der Waals surface area contributed by atoms with Crippen molar-refractivity contribution in [1.82, 2.24) is 9.80 Å². The lowest BCUT2D eigenvalue weighted by Crippen LogP contribution is -2.31. The summed E-state index contributed by atoms with van der Waals surface area (Å²) in [5.41, 5.74) is -0.304. The normalized spacial score (nSPS) is 15.8. The number of urea groups is 1. The predicted octanol–water partition coefficient (Wildman–Crippen LogP) is 2.12. The number of likely N-dealkylation sites (N-methyl/N-ethyl adjacent to an activating group) is 1. The van der Waals surface area contributed by atoms with E-state index in [1.165, 1.54) is 18.0 Å². The molecule has 1 aromatic carbocycles. The fourth-order valence-electron chi connectivity index (χ4n) is 1.70. The Labute approximate surface area is 110 Å². The number of halogens is 3. The molecule has 4 nitrogen and oxygen atoms in total. The molecule has 0 unspecified atom stereocenters. The Bertz CT molecular complexity index is 536. The first kappa shape index (κ1) is 12.9. The number of hydrogen-bond acceptors (Lipinski definition) is 2. The van der Waals surface area contributed by atoms with Crippen LogP contribution < -0.4 is 0 Å². The van der Waals surface area contributed by atoms with Gasteiger partial charge in [0.25, 0.3) is 5.91 Å². The molecular weight excluding hydrogens is 310 g/mol. The first-order valence-electron chi connectivity index (χ1n) is 5.09. The van der Waals surface area contributed by atoms with E-state index in [0.717, 1.165) is 11.0 Å². The van der Waals surface area contributed by atoms with Crippen molar-refractivity contribution in [3.05, 3.63) is 33.8 Å². The van der Waals surface area contributed by atoms with E-state index in [0.29, 0.717) is 0 Å². The predicted molar refractivity (Wildman–Crippen MR) is 62.6 cm³/mol. The van der Waals surface area contributed by atoms with Crippen LogP contribution in [0.4, 0.5) is 13.6 Å². The molecule has 2 rings (SSSR count). The summed E-state index contributed by atoms with van der Waals surface area (Å²) in [6.07, 6.45) is 0. The first-order valence-corrected chi connectivity index (χ1v) is 5.89. The van der Waals surface area contributed by atoms with Gasteiger partial charge in [-0.25, -0.2) is 13.6 Å². The van der Waals surface area contributed by atoms with Crippen LogP contribution in [0.25, 0.3) is 0 Å². The Morgan fingerprint density at radius 1 is 1.33 bits per heavy atom. The lowest BCUT2D eigenvalue weighted by molar-refractivity contribution is -0.125. The van der Waals surface area contributed by atoms with Gasteiger partial charge < -0.3 is 4.90 Å². The standard InChI is InChI=1S/C11H9BrF2N2O2/c1-15-5-9(17)16(11(15)18)4-6-8(13)3-2-7(12)10(6)14/h2-3H,4-5H2,1H3. The lowest BCUT2D eigenvalue weighted by atomic mass is 10.2. The SMILES string of the molecule is CN1CC(=O)N(Cc2c(F)ccc(Br)c2F)C1=O. The Balaban J connectivity index is 2.33. The maximum absolute atomic E-state index is 13.7. The Kier molecular flexibility index (Phi) is 3.34. The molecule has 0 aliphatic carbocycles. The fourth-order valence-corrected chi connectivity index (χ4v) is 2.07. The van der Waals surface area contributed by atoms with E-state index in [-0.39, 0.29) is 16.6 Å². The van der Waals surface area contributed by atoms with Crippen LogP contribution in [-0.2, 0) is 11.3 Å². The third kappa shape index (κ3) is 2.10. The fraction of sp³-hybridized carbons (Fsp3) is 0.273. The van der Waals surface area contributed by atoms with Crippen molar-refractivity contribution >= 4 is 27.9 Å². The van der Waals surface area contributed by atoms with Gasteiger partial charge in [0.1, 0.15) is 18.2 Å². The molecule has 0 radical (unpaired) electrons. The molecule has 1 aliphatic heterocycles. The zero-order valence-corrected chi connectivity index (χ0v) is 11.0. The molecule has 1 heterocycles. The molecule has 18 heavy (non-hydrogen) atoms. The maximum atomic E-state index is 13.7. The molecule has 1 aromatic rings. The highest BCUT2D eigenvalue weighted by Crippen LogP contribution is 2.24. The van der Waals surface area contributed by atoms with Gasteiger partial charge in [-0.3, -0.25) is 9.69 Å². The molecule has 0 saturated carbocycles. The summed E-state index contributed by atoms with van der Waals surface area (Å²) >= 11 is 2.93. The van der Waals surface area contributed by atoms with Gasteiger partial charge in [-0.2, -0.15) is 0 Å². The van der Waals surface area contributed by atoms with Crippen LogP contribution in [0.2, 0.25) is 0 Å². The van der Waals surface area contributed by atoms with Crippen molar-refractivity contribution in [3.8, 4) is 0 Å². The highest BCUT2D eigenvalue weighted by molar-refractivity contribution is 9.10. The zero-order chi connectivity index (χ0) is 13.4. The van der Waals surface area contributed by atoms with Crippen LogP contribution in [0.1, 0.15) is 5.56 Å². The molecule has 1 saturated heterocycles. The second-order valence-corrected chi connectivity index (χ2v) is 4.79. The summed E-state index contributed by atoms with van der Waals surface area (Å²) in [7, 11) is 1.45. The largest absolute Gasteiger partial charge is 0.327 e. The Morgan fingerprint density at radius 3 is 2.56 bits per heavy atom. The van der Waals surface area contributed by atoms with Crippen LogP contribution >= 0.6 is 15.9 Å². The zero-order valence-electron chi connectivity index (χ0n) is 9.41. The van der Waals surface area contributed by atoms with Crippen LogP contribution in [0.15, 0.2) is 16.6 Å². The number of imide groups is 1. The van der Waals surface area contributed by atoms with E-state index in [1.54, 1.807) is 0 Å². The maximum Gasteiger partial charge on any atom is 0.327 e. The van der Waals surface area contributed by atoms with Crippen molar-refractivity contribution < 1.29 is 18.4 Å². The minimum absolute atomic E-state index is 0.0733.